The first-order valence-electron chi connectivity index (χ1n) is 6.77. The second-order valence-electron chi connectivity index (χ2n) is 5.91. The van der Waals surface area contributed by atoms with Crippen molar-refractivity contribution in [2.75, 3.05) is 39.3 Å². The van der Waals surface area contributed by atoms with Crippen LogP contribution in [0.25, 0.3) is 0 Å². The Kier molecular flexibility index (Phi) is 7.66. The summed E-state index contributed by atoms with van der Waals surface area (Å²) < 4.78 is 0. The van der Waals surface area contributed by atoms with Crippen LogP contribution in [-0.2, 0) is 4.79 Å². The second-order valence-corrected chi connectivity index (χ2v) is 5.91. The molecule has 0 saturated carbocycles. The summed E-state index contributed by atoms with van der Waals surface area (Å²) in [5, 5.41) is 3.30. The lowest BCUT2D eigenvalue weighted by molar-refractivity contribution is -0.142. The highest BCUT2D eigenvalue weighted by atomic mass is 35.5. The van der Waals surface area contributed by atoms with E-state index in [2.05, 4.69) is 35.9 Å². The predicted molar refractivity (Wildman–Crippen MR) is 83.4 cm³/mol. The first-order chi connectivity index (χ1) is 8.03. The monoisotopic (exact) mass is 311 g/mol. The summed E-state index contributed by atoms with van der Waals surface area (Å²) >= 11 is 0. The number of nitrogens with one attached hydrogen (secondary N) is 1. The summed E-state index contributed by atoms with van der Waals surface area (Å²) in [4.78, 5) is 17.0. The van der Waals surface area contributed by atoms with Gasteiger partial charge in [0, 0.05) is 38.8 Å². The summed E-state index contributed by atoms with van der Waals surface area (Å²) in [6.45, 7) is 12.2. The lowest BCUT2D eigenvalue weighted by Crippen LogP contribution is -2.54. The molecule has 6 heteroatoms. The van der Waals surface area contributed by atoms with Gasteiger partial charge < -0.3 is 10.2 Å². The molecule has 114 valence electrons. The van der Waals surface area contributed by atoms with Gasteiger partial charge in [0.05, 0.1) is 5.41 Å². The van der Waals surface area contributed by atoms with Crippen LogP contribution in [0.3, 0.4) is 0 Å². The lowest BCUT2D eigenvalue weighted by atomic mass is 9.88. The van der Waals surface area contributed by atoms with Crippen molar-refractivity contribution in [1.82, 2.24) is 15.1 Å². The second kappa shape index (κ2) is 7.67. The van der Waals surface area contributed by atoms with Gasteiger partial charge in [-0.05, 0) is 33.7 Å². The molecule has 1 unspecified atom stereocenters. The van der Waals surface area contributed by atoms with Gasteiger partial charge in [-0.15, -0.1) is 24.8 Å². The molecule has 1 N–H and O–H groups in total. The third-order valence-corrected chi connectivity index (χ3v) is 4.22. The fraction of sp³-hybridized carbons (Fsp3) is 0.923. The van der Waals surface area contributed by atoms with Crippen LogP contribution in [0.5, 0.6) is 0 Å². The van der Waals surface area contributed by atoms with Gasteiger partial charge >= 0.3 is 0 Å². The van der Waals surface area contributed by atoms with Crippen LogP contribution in [0, 0.1) is 5.41 Å². The van der Waals surface area contributed by atoms with Crippen LogP contribution >= 0.6 is 24.8 Å². The van der Waals surface area contributed by atoms with Gasteiger partial charge in [0.15, 0.2) is 0 Å². The van der Waals surface area contributed by atoms with Gasteiger partial charge in [-0.25, -0.2) is 0 Å². The topological polar surface area (TPSA) is 35.6 Å². The molecule has 0 aromatic heterocycles. The van der Waals surface area contributed by atoms with Gasteiger partial charge in [0.1, 0.15) is 0 Å². The number of hydrogen-bond donors (Lipinski definition) is 1. The highest BCUT2D eigenvalue weighted by Gasteiger charge is 2.39. The molecular formula is C13H27Cl2N3O. The molecule has 2 saturated heterocycles. The zero-order valence-electron chi connectivity index (χ0n) is 12.1. The molecule has 2 heterocycles. The normalized spacial score (nSPS) is 27.9. The molecule has 2 rings (SSSR count). The fourth-order valence-electron chi connectivity index (χ4n) is 2.82. The van der Waals surface area contributed by atoms with Crippen molar-refractivity contribution < 1.29 is 4.79 Å². The maximum absolute atomic E-state index is 12.5. The van der Waals surface area contributed by atoms with Crippen molar-refractivity contribution in [2.24, 2.45) is 5.41 Å². The minimum atomic E-state index is -0.153. The van der Waals surface area contributed by atoms with Crippen molar-refractivity contribution >= 4 is 30.7 Å². The quantitative estimate of drug-likeness (QED) is 0.837. The number of halogens is 2. The largest absolute Gasteiger partial charge is 0.340 e. The molecule has 4 nitrogen and oxygen atoms in total. The lowest BCUT2D eigenvalue weighted by Gasteiger charge is -2.39. The molecule has 0 spiro atoms. The number of piperazine rings is 1. The van der Waals surface area contributed by atoms with E-state index in [9.17, 15) is 4.79 Å². The summed E-state index contributed by atoms with van der Waals surface area (Å²) in [6, 6.07) is 0.594. The van der Waals surface area contributed by atoms with Gasteiger partial charge in [-0.1, -0.05) is 0 Å². The van der Waals surface area contributed by atoms with E-state index in [1.54, 1.807) is 0 Å². The standard InChI is InChI=1S/C13H25N3O.2ClH/c1-11(2)15-6-8-16(9-7-15)12(17)13(3)4-5-14-10-13;;/h11,14H,4-10H2,1-3H3;2*1H. The summed E-state index contributed by atoms with van der Waals surface area (Å²) in [5.41, 5.74) is -0.153. The van der Waals surface area contributed by atoms with Gasteiger partial charge in [0.2, 0.25) is 5.91 Å². The number of carbonyl (C=O) groups is 1. The van der Waals surface area contributed by atoms with Crippen molar-refractivity contribution in [3.8, 4) is 0 Å². The fourth-order valence-corrected chi connectivity index (χ4v) is 2.82. The smallest absolute Gasteiger partial charge is 0.229 e. The predicted octanol–water partition coefficient (Wildman–Crippen LogP) is 1.38. The molecule has 2 aliphatic rings. The average molecular weight is 312 g/mol. The van der Waals surface area contributed by atoms with Crippen LogP contribution in [-0.4, -0.2) is 61.0 Å². The molecule has 19 heavy (non-hydrogen) atoms. The Morgan fingerprint density at radius 1 is 1.16 bits per heavy atom. The van der Waals surface area contributed by atoms with Crippen molar-refractivity contribution in [3.05, 3.63) is 0 Å². The number of carbonyl (C=O) groups excluding carboxylic acids is 1. The van der Waals surface area contributed by atoms with Crippen LogP contribution in [0.4, 0.5) is 0 Å². The number of amides is 1. The Morgan fingerprint density at radius 3 is 2.16 bits per heavy atom. The van der Waals surface area contributed by atoms with E-state index in [-0.39, 0.29) is 30.2 Å². The average Bonchev–Trinajstić information content (AvgIpc) is 2.76. The third-order valence-electron chi connectivity index (χ3n) is 4.22. The summed E-state index contributed by atoms with van der Waals surface area (Å²) in [5.74, 6) is 0.353. The maximum Gasteiger partial charge on any atom is 0.229 e. The molecule has 1 atom stereocenters. The molecule has 2 fully saturated rings. The van der Waals surface area contributed by atoms with E-state index in [0.717, 1.165) is 45.7 Å². The summed E-state index contributed by atoms with van der Waals surface area (Å²) in [6.07, 6.45) is 0.982. The molecule has 0 aliphatic carbocycles. The Bertz CT molecular complexity index is 286. The molecule has 0 aromatic rings. The third kappa shape index (κ3) is 4.22. The van der Waals surface area contributed by atoms with E-state index in [0.29, 0.717) is 11.9 Å². The zero-order chi connectivity index (χ0) is 12.5. The first kappa shape index (κ1) is 19.0. The van der Waals surface area contributed by atoms with E-state index >= 15 is 0 Å². The molecular weight excluding hydrogens is 285 g/mol. The summed E-state index contributed by atoms with van der Waals surface area (Å²) in [7, 11) is 0. The SMILES string of the molecule is CC(C)N1CCN(C(=O)C2(C)CCNC2)CC1.Cl.Cl. The van der Waals surface area contributed by atoms with Gasteiger partial charge in [-0.2, -0.15) is 0 Å². The van der Waals surface area contributed by atoms with Crippen molar-refractivity contribution in [2.45, 2.75) is 33.2 Å². The van der Waals surface area contributed by atoms with E-state index < -0.39 is 0 Å². The zero-order valence-corrected chi connectivity index (χ0v) is 13.8. The first-order valence-corrected chi connectivity index (χ1v) is 6.77. The molecule has 0 bridgehead atoms. The van der Waals surface area contributed by atoms with Crippen molar-refractivity contribution in [3.63, 3.8) is 0 Å². The molecule has 0 aromatic carbocycles. The van der Waals surface area contributed by atoms with Gasteiger partial charge in [-0.3, -0.25) is 9.69 Å². The number of hydrogen-bond acceptors (Lipinski definition) is 3. The Balaban J connectivity index is 0.00000162. The van der Waals surface area contributed by atoms with E-state index in [1.807, 2.05) is 0 Å². The van der Waals surface area contributed by atoms with Crippen molar-refractivity contribution in [1.29, 1.82) is 0 Å². The highest BCUT2D eigenvalue weighted by Crippen LogP contribution is 2.27. The highest BCUT2D eigenvalue weighted by molar-refractivity contribution is 5.85. The van der Waals surface area contributed by atoms with E-state index in [1.165, 1.54) is 0 Å². The Morgan fingerprint density at radius 2 is 1.74 bits per heavy atom. The Hall–Kier alpha value is -0.0300. The molecule has 1 amide bonds. The van der Waals surface area contributed by atoms with Crippen LogP contribution in [0.1, 0.15) is 27.2 Å². The minimum absolute atomic E-state index is 0. The van der Waals surface area contributed by atoms with Crippen LogP contribution < -0.4 is 5.32 Å². The van der Waals surface area contributed by atoms with E-state index in [4.69, 9.17) is 0 Å². The molecule has 2 aliphatic heterocycles. The minimum Gasteiger partial charge on any atom is -0.340 e. The van der Waals surface area contributed by atoms with Crippen LogP contribution in [0.2, 0.25) is 0 Å². The van der Waals surface area contributed by atoms with Gasteiger partial charge in [0.25, 0.3) is 0 Å². The number of rotatable bonds is 2. The maximum atomic E-state index is 12.5. The molecule has 0 radical (unpaired) electrons. The van der Waals surface area contributed by atoms with Crippen LogP contribution in [0.15, 0.2) is 0 Å². The Labute approximate surface area is 129 Å². The number of nitrogens with zero attached hydrogens (tertiary/aromatic N) is 2.